The van der Waals surface area contributed by atoms with E-state index in [1.807, 2.05) is 6.92 Å². The zero-order chi connectivity index (χ0) is 11.8. The minimum absolute atomic E-state index is 0.0176. The summed E-state index contributed by atoms with van der Waals surface area (Å²) in [6, 6.07) is 0.0176. The van der Waals surface area contributed by atoms with Gasteiger partial charge in [-0.25, -0.2) is 0 Å². The maximum absolute atomic E-state index is 11.7. The standard InChI is InChI=1S/C12H24N2O2/c1-10(9-15)5-4-8-14-12(16)11-6-2-3-7-13-11/h10-11,13,15H,2-9H2,1H3,(H,14,16)/t10?,11-/m0/s1. The molecule has 0 aromatic carbocycles. The lowest BCUT2D eigenvalue weighted by atomic mass is 10.0. The van der Waals surface area contributed by atoms with E-state index in [4.69, 9.17) is 5.11 Å². The number of amides is 1. The first-order valence-corrected chi connectivity index (χ1v) is 6.36. The minimum atomic E-state index is 0.0176. The van der Waals surface area contributed by atoms with Crippen LogP contribution in [-0.2, 0) is 4.79 Å². The lowest BCUT2D eigenvalue weighted by Crippen LogP contribution is -2.46. The van der Waals surface area contributed by atoms with Crippen LogP contribution >= 0.6 is 0 Å². The monoisotopic (exact) mass is 228 g/mol. The summed E-state index contributed by atoms with van der Waals surface area (Å²) in [6.45, 7) is 3.93. The van der Waals surface area contributed by atoms with Crippen LogP contribution in [0.4, 0.5) is 0 Å². The Bertz CT molecular complexity index is 203. The SMILES string of the molecule is CC(CO)CCCNC(=O)[C@@H]1CCCCN1. The summed E-state index contributed by atoms with van der Waals surface area (Å²) in [5.74, 6) is 0.473. The van der Waals surface area contributed by atoms with Crippen LogP contribution in [0, 0.1) is 5.92 Å². The second-order valence-corrected chi connectivity index (χ2v) is 4.72. The van der Waals surface area contributed by atoms with Crippen molar-refractivity contribution >= 4 is 5.91 Å². The van der Waals surface area contributed by atoms with Crippen molar-refractivity contribution in [2.45, 2.75) is 45.1 Å². The van der Waals surface area contributed by atoms with Gasteiger partial charge in [-0.05, 0) is 38.1 Å². The van der Waals surface area contributed by atoms with Gasteiger partial charge in [0.1, 0.15) is 0 Å². The quantitative estimate of drug-likeness (QED) is 0.585. The number of hydrogen-bond acceptors (Lipinski definition) is 3. The smallest absolute Gasteiger partial charge is 0.237 e. The lowest BCUT2D eigenvalue weighted by molar-refractivity contribution is -0.123. The molecule has 2 atom stereocenters. The highest BCUT2D eigenvalue weighted by Crippen LogP contribution is 2.07. The van der Waals surface area contributed by atoms with E-state index >= 15 is 0 Å². The van der Waals surface area contributed by atoms with E-state index in [1.165, 1.54) is 6.42 Å². The molecule has 0 radical (unpaired) electrons. The molecular weight excluding hydrogens is 204 g/mol. The van der Waals surface area contributed by atoms with Crippen LogP contribution in [0.15, 0.2) is 0 Å². The number of aliphatic hydroxyl groups is 1. The van der Waals surface area contributed by atoms with Crippen LogP contribution in [0.5, 0.6) is 0 Å². The molecule has 0 aromatic rings. The Hall–Kier alpha value is -0.610. The molecule has 94 valence electrons. The van der Waals surface area contributed by atoms with Gasteiger partial charge in [0.25, 0.3) is 0 Å². The van der Waals surface area contributed by atoms with Gasteiger partial charge in [0.05, 0.1) is 6.04 Å². The number of hydrogen-bond donors (Lipinski definition) is 3. The summed E-state index contributed by atoms with van der Waals surface area (Å²) in [7, 11) is 0. The average Bonchev–Trinajstić information content (AvgIpc) is 2.35. The van der Waals surface area contributed by atoms with E-state index in [1.54, 1.807) is 0 Å². The first-order chi connectivity index (χ1) is 7.74. The predicted molar refractivity (Wildman–Crippen MR) is 64.1 cm³/mol. The number of piperidine rings is 1. The molecule has 1 amide bonds. The summed E-state index contributed by atoms with van der Waals surface area (Å²) in [6.07, 6.45) is 5.19. The van der Waals surface area contributed by atoms with Crippen LogP contribution in [0.1, 0.15) is 39.0 Å². The second kappa shape index (κ2) is 7.63. The molecular formula is C12H24N2O2. The van der Waals surface area contributed by atoms with E-state index < -0.39 is 0 Å². The Morgan fingerprint density at radius 1 is 1.56 bits per heavy atom. The van der Waals surface area contributed by atoms with Crippen LogP contribution in [0.3, 0.4) is 0 Å². The van der Waals surface area contributed by atoms with Crippen molar-refractivity contribution in [2.24, 2.45) is 5.92 Å². The van der Waals surface area contributed by atoms with Crippen molar-refractivity contribution in [2.75, 3.05) is 19.7 Å². The second-order valence-electron chi connectivity index (χ2n) is 4.72. The molecule has 16 heavy (non-hydrogen) atoms. The molecule has 1 saturated heterocycles. The highest BCUT2D eigenvalue weighted by molar-refractivity contribution is 5.81. The van der Waals surface area contributed by atoms with Crippen molar-refractivity contribution in [1.29, 1.82) is 0 Å². The van der Waals surface area contributed by atoms with Gasteiger partial charge in [0.2, 0.25) is 5.91 Å². The van der Waals surface area contributed by atoms with E-state index in [9.17, 15) is 4.79 Å². The Labute approximate surface area is 97.8 Å². The van der Waals surface area contributed by atoms with Gasteiger partial charge in [0, 0.05) is 13.2 Å². The van der Waals surface area contributed by atoms with Crippen molar-refractivity contribution < 1.29 is 9.90 Å². The number of aliphatic hydroxyl groups excluding tert-OH is 1. The van der Waals surface area contributed by atoms with Crippen LogP contribution in [0.25, 0.3) is 0 Å². The summed E-state index contributed by atoms with van der Waals surface area (Å²) in [5.41, 5.74) is 0. The van der Waals surface area contributed by atoms with Gasteiger partial charge < -0.3 is 15.7 Å². The van der Waals surface area contributed by atoms with Gasteiger partial charge in [-0.2, -0.15) is 0 Å². The zero-order valence-electron chi connectivity index (χ0n) is 10.2. The molecule has 0 aromatic heterocycles. The zero-order valence-corrected chi connectivity index (χ0v) is 10.2. The third-order valence-electron chi connectivity index (χ3n) is 3.11. The molecule has 4 nitrogen and oxygen atoms in total. The van der Waals surface area contributed by atoms with Crippen molar-refractivity contribution in [3.8, 4) is 0 Å². The van der Waals surface area contributed by atoms with Gasteiger partial charge in [-0.1, -0.05) is 13.3 Å². The Morgan fingerprint density at radius 2 is 2.38 bits per heavy atom. The summed E-state index contributed by atoms with van der Waals surface area (Å²) >= 11 is 0. The molecule has 1 unspecified atom stereocenters. The fraction of sp³-hybridized carbons (Fsp3) is 0.917. The van der Waals surface area contributed by atoms with E-state index in [0.29, 0.717) is 5.92 Å². The Kier molecular flexibility index (Phi) is 6.42. The van der Waals surface area contributed by atoms with Crippen LogP contribution in [0.2, 0.25) is 0 Å². The first kappa shape index (κ1) is 13.5. The summed E-state index contributed by atoms with van der Waals surface area (Å²) in [5, 5.41) is 15.0. The fourth-order valence-electron chi connectivity index (χ4n) is 1.95. The Balaban J connectivity index is 2.05. The van der Waals surface area contributed by atoms with E-state index in [-0.39, 0.29) is 18.6 Å². The third-order valence-corrected chi connectivity index (χ3v) is 3.11. The number of carbonyl (C=O) groups excluding carboxylic acids is 1. The number of nitrogens with one attached hydrogen (secondary N) is 2. The molecule has 1 aliphatic rings. The van der Waals surface area contributed by atoms with Crippen molar-refractivity contribution in [3.05, 3.63) is 0 Å². The normalized spacial score (nSPS) is 22.8. The molecule has 0 saturated carbocycles. The molecule has 1 heterocycles. The third kappa shape index (κ3) is 4.94. The first-order valence-electron chi connectivity index (χ1n) is 6.36. The molecule has 0 aliphatic carbocycles. The van der Waals surface area contributed by atoms with E-state index in [0.717, 1.165) is 38.8 Å². The molecule has 3 N–H and O–H groups in total. The fourth-order valence-corrected chi connectivity index (χ4v) is 1.95. The maximum Gasteiger partial charge on any atom is 0.237 e. The number of carbonyl (C=O) groups is 1. The van der Waals surface area contributed by atoms with Crippen molar-refractivity contribution in [3.63, 3.8) is 0 Å². The molecule has 0 bridgehead atoms. The minimum Gasteiger partial charge on any atom is -0.396 e. The van der Waals surface area contributed by atoms with Crippen LogP contribution < -0.4 is 10.6 Å². The molecule has 1 aliphatic heterocycles. The summed E-state index contributed by atoms with van der Waals surface area (Å²) in [4.78, 5) is 11.7. The van der Waals surface area contributed by atoms with Crippen LogP contribution in [-0.4, -0.2) is 36.8 Å². The molecule has 0 spiro atoms. The van der Waals surface area contributed by atoms with E-state index in [2.05, 4.69) is 10.6 Å². The molecule has 4 heteroatoms. The highest BCUT2D eigenvalue weighted by Gasteiger charge is 2.19. The summed E-state index contributed by atoms with van der Waals surface area (Å²) < 4.78 is 0. The average molecular weight is 228 g/mol. The van der Waals surface area contributed by atoms with Gasteiger partial charge in [-0.15, -0.1) is 0 Å². The number of rotatable bonds is 6. The lowest BCUT2D eigenvalue weighted by Gasteiger charge is -2.22. The predicted octanol–water partition coefficient (Wildman–Crippen LogP) is 0.653. The van der Waals surface area contributed by atoms with Gasteiger partial charge in [0.15, 0.2) is 0 Å². The topological polar surface area (TPSA) is 61.4 Å². The van der Waals surface area contributed by atoms with Gasteiger partial charge >= 0.3 is 0 Å². The van der Waals surface area contributed by atoms with Gasteiger partial charge in [-0.3, -0.25) is 4.79 Å². The largest absolute Gasteiger partial charge is 0.396 e. The molecule has 1 rings (SSSR count). The maximum atomic E-state index is 11.7. The molecule has 1 fully saturated rings. The van der Waals surface area contributed by atoms with Crippen molar-refractivity contribution in [1.82, 2.24) is 10.6 Å². The highest BCUT2D eigenvalue weighted by atomic mass is 16.3. The Morgan fingerprint density at radius 3 is 3.00 bits per heavy atom.